The van der Waals surface area contributed by atoms with Crippen molar-refractivity contribution in [1.82, 2.24) is 19.1 Å². The summed E-state index contributed by atoms with van der Waals surface area (Å²) in [5.74, 6) is -0.0990. The van der Waals surface area contributed by atoms with Crippen LogP contribution >= 0.6 is 0 Å². The number of ether oxygens (including phenoxy) is 1. The van der Waals surface area contributed by atoms with Gasteiger partial charge in [0.1, 0.15) is 19.2 Å². The van der Waals surface area contributed by atoms with Crippen LogP contribution in [-0.4, -0.2) is 66.2 Å². The second-order valence-electron chi connectivity index (χ2n) is 6.20. The van der Waals surface area contributed by atoms with E-state index in [0.29, 0.717) is 39.3 Å². The average molecular weight is 377 g/mol. The molecule has 1 fully saturated rings. The maximum Gasteiger partial charge on any atom is 0.248 e. The van der Waals surface area contributed by atoms with Crippen molar-refractivity contribution in [2.45, 2.75) is 17.9 Å². The molecule has 2 aliphatic rings. The van der Waals surface area contributed by atoms with Crippen LogP contribution in [0, 0.1) is 0 Å². The summed E-state index contributed by atoms with van der Waals surface area (Å²) in [5, 5.41) is 3.94. The molecule has 0 saturated carbocycles. The predicted molar refractivity (Wildman–Crippen MR) is 92.1 cm³/mol. The van der Waals surface area contributed by atoms with Crippen molar-refractivity contribution in [3.63, 3.8) is 0 Å². The molecule has 1 saturated heterocycles. The molecule has 3 heterocycles. The summed E-state index contributed by atoms with van der Waals surface area (Å²) in [7, 11) is -3.53. The van der Waals surface area contributed by atoms with E-state index in [4.69, 9.17) is 4.74 Å². The summed E-state index contributed by atoms with van der Waals surface area (Å²) in [5.41, 5.74) is 1.63. The first-order valence-electron chi connectivity index (χ1n) is 8.39. The Morgan fingerprint density at radius 2 is 2.00 bits per heavy atom. The summed E-state index contributed by atoms with van der Waals surface area (Å²) < 4.78 is 33.7. The second kappa shape index (κ2) is 6.78. The summed E-state index contributed by atoms with van der Waals surface area (Å²) in [6.07, 6.45) is 3.51. The van der Waals surface area contributed by atoms with Crippen LogP contribution in [0.5, 0.6) is 0 Å². The number of hydrogen-bond acceptors (Lipinski definition) is 6. The molecule has 138 valence electrons. The van der Waals surface area contributed by atoms with E-state index in [0.717, 1.165) is 11.3 Å². The number of benzene rings is 1. The highest BCUT2D eigenvalue weighted by atomic mass is 32.2. The Hall–Kier alpha value is -2.30. The zero-order valence-corrected chi connectivity index (χ0v) is 14.9. The lowest BCUT2D eigenvalue weighted by atomic mass is 10.2. The van der Waals surface area contributed by atoms with Crippen LogP contribution < -0.4 is 4.90 Å². The number of rotatable bonds is 4. The molecule has 2 aliphatic heterocycles. The maximum absolute atomic E-state index is 12.8. The molecule has 0 bridgehead atoms. The van der Waals surface area contributed by atoms with Crippen LogP contribution in [-0.2, 0) is 32.5 Å². The molecule has 0 atom stereocenters. The molecule has 1 aromatic heterocycles. The van der Waals surface area contributed by atoms with Crippen LogP contribution in [0.3, 0.4) is 0 Å². The van der Waals surface area contributed by atoms with Crippen molar-refractivity contribution >= 4 is 21.6 Å². The van der Waals surface area contributed by atoms with Gasteiger partial charge in [0.25, 0.3) is 0 Å². The van der Waals surface area contributed by atoms with Crippen LogP contribution in [0.2, 0.25) is 0 Å². The van der Waals surface area contributed by atoms with Gasteiger partial charge in [-0.15, -0.1) is 0 Å². The van der Waals surface area contributed by atoms with Gasteiger partial charge in [0, 0.05) is 25.3 Å². The molecule has 4 rings (SSSR count). The van der Waals surface area contributed by atoms with Gasteiger partial charge in [0.2, 0.25) is 15.9 Å². The lowest BCUT2D eigenvalue weighted by molar-refractivity contribution is -0.119. The number of sulfonamides is 1. The van der Waals surface area contributed by atoms with Crippen LogP contribution in [0.1, 0.15) is 5.56 Å². The zero-order chi connectivity index (χ0) is 18.1. The number of hydrogen-bond donors (Lipinski definition) is 0. The minimum atomic E-state index is -3.53. The normalized spacial score (nSPS) is 18.1. The Morgan fingerprint density at radius 3 is 2.73 bits per heavy atom. The molecular weight excluding hydrogens is 358 g/mol. The van der Waals surface area contributed by atoms with Crippen molar-refractivity contribution in [1.29, 1.82) is 0 Å². The number of aromatic nitrogens is 3. The first-order valence-corrected chi connectivity index (χ1v) is 9.83. The number of anilines is 1. The molecule has 26 heavy (non-hydrogen) atoms. The van der Waals surface area contributed by atoms with E-state index >= 15 is 0 Å². The highest BCUT2D eigenvalue weighted by Gasteiger charge is 2.30. The van der Waals surface area contributed by atoms with Gasteiger partial charge >= 0.3 is 0 Å². The fraction of sp³-hybridized carbons (Fsp3) is 0.438. The molecular formula is C16H19N5O4S. The first-order chi connectivity index (χ1) is 12.6. The minimum Gasteiger partial charge on any atom is -0.379 e. The van der Waals surface area contributed by atoms with Crippen molar-refractivity contribution in [2.75, 3.05) is 37.7 Å². The summed E-state index contributed by atoms with van der Waals surface area (Å²) in [6.45, 7) is 2.19. The number of morpholine rings is 1. The average Bonchev–Trinajstić information content (AvgIpc) is 3.31. The van der Waals surface area contributed by atoms with Gasteiger partial charge < -0.3 is 9.64 Å². The highest BCUT2D eigenvalue weighted by Crippen LogP contribution is 2.31. The van der Waals surface area contributed by atoms with E-state index in [9.17, 15) is 13.2 Å². The fourth-order valence-electron chi connectivity index (χ4n) is 3.27. The summed E-state index contributed by atoms with van der Waals surface area (Å²) in [6, 6.07) is 4.97. The van der Waals surface area contributed by atoms with E-state index in [1.165, 1.54) is 21.6 Å². The largest absolute Gasteiger partial charge is 0.379 e. The van der Waals surface area contributed by atoms with E-state index in [1.54, 1.807) is 23.1 Å². The minimum absolute atomic E-state index is 0.0990. The predicted octanol–water partition coefficient (Wildman–Crippen LogP) is -0.112. The van der Waals surface area contributed by atoms with Crippen LogP contribution in [0.15, 0.2) is 35.7 Å². The Kier molecular flexibility index (Phi) is 4.47. The monoisotopic (exact) mass is 377 g/mol. The first kappa shape index (κ1) is 17.1. The van der Waals surface area contributed by atoms with Gasteiger partial charge in [-0.1, -0.05) is 0 Å². The van der Waals surface area contributed by atoms with Gasteiger partial charge in [-0.3, -0.25) is 4.79 Å². The molecule has 2 aromatic rings. The highest BCUT2D eigenvalue weighted by molar-refractivity contribution is 7.89. The molecule has 0 aliphatic carbocycles. The lowest BCUT2D eigenvalue weighted by Crippen LogP contribution is -2.40. The number of fused-ring (bicyclic) bond motifs is 1. The SMILES string of the molecule is O=C(Cn1cncn1)N1CCc2cc(S(=O)(=O)N3CCOCC3)ccc21. The molecule has 10 heteroatoms. The van der Waals surface area contributed by atoms with Crippen LogP contribution in [0.4, 0.5) is 5.69 Å². The van der Waals surface area contributed by atoms with Gasteiger partial charge in [0.15, 0.2) is 0 Å². The quantitative estimate of drug-likeness (QED) is 0.737. The van der Waals surface area contributed by atoms with Crippen molar-refractivity contribution < 1.29 is 17.9 Å². The van der Waals surface area contributed by atoms with E-state index < -0.39 is 10.0 Å². The van der Waals surface area contributed by atoms with E-state index in [-0.39, 0.29) is 17.3 Å². The fourth-order valence-corrected chi connectivity index (χ4v) is 4.73. The summed E-state index contributed by atoms with van der Waals surface area (Å²) in [4.78, 5) is 18.3. The molecule has 9 nitrogen and oxygen atoms in total. The Morgan fingerprint density at radius 1 is 1.19 bits per heavy atom. The van der Waals surface area contributed by atoms with Crippen LogP contribution in [0.25, 0.3) is 0 Å². The molecule has 1 amide bonds. The van der Waals surface area contributed by atoms with Crippen molar-refractivity contribution in [3.8, 4) is 0 Å². The number of carbonyl (C=O) groups is 1. The Balaban J connectivity index is 1.55. The smallest absolute Gasteiger partial charge is 0.248 e. The number of nitrogens with zero attached hydrogens (tertiary/aromatic N) is 5. The van der Waals surface area contributed by atoms with Gasteiger partial charge in [-0.25, -0.2) is 18.1 Å². The third-order valence-electron chi connectivity index (χ3n) is 4.62. The molecule has 0 spiro atoms. The Bertz CT molecular complexity index is 907. The van der Waals surface area contributed by atoms with Gasteiger partial charge in [-0.05, 0) is 30.2 Å². The molecule has 0 radical (unpaired) electrons. The maximum atomic E-state index is 12.8. The number of carbonyl (C=O) groups excluding carboxylic acids is 1. The van der Waals surface area contributed by atoms with E-state index in [2.05, 4.69) is 10.1 Å². The van der Waals surface area contributed by atoms with Gasteiger partial charge in [-0.2, -0.15) is 9.40 Å². The lowest BCUT2D eigenvalue weighted by Gasteiger charge is -2.26. The van der Waals surface area contributed by atoms with Crippen molar-refractivity contribution in [3.05, 3.63) is 36.4 Å². The Labute approximate surface area is 151 Å². The summed E-state index contributed by atoms with van der Waals surface area (Å²) >= 11 is 0. The molecule has 0 unspecified atom stereocenters. The van der Waals surface area contributed by atoms with Gasteiger partial charge in [0.05, 0.1) is 18.1 Å². The molecule has 0 N–H and O–H groups in total. The topological polar surface area (TPSA) is 97.6 Å². The zero-order valence-electron chi connectivity index (χ0n) is 14.1. The number of amides is 1. The van der Waals surface area contributed by atoms with Crippen molar-refractivity contribution in [2.24, 2.45) is 0 Å². The molecule has 1 aromatic carbocycles. The third kappa shape index (κ3) is 3.11. The third-order valence-corrected chi connectivity index (χ3v) is 6.51. The second-order valence-corrected chi connectivity index (χ2v) is 8.13. The standard InChI is InChI=1S/C16H19N5O4S/c22-16(10-19-12-17-11-18-19)21-4-3-13-9-14(1-2-15(13)21)26(23,24)20-5-7-25-8-6-20/h1-2,9,11-12H,3-8,10H2. The van der Waals surface area contributed by atoms with E-state index in [1.807, 2.05) is 0 Å².